The molecule has 1 heterocycles. The fourth-order valence-electron chi connectivity index (χ4n) is 3.30. The molecule has 1 aromatic heterocycles. The predicted molar refractivity (Wildman–Crippen MR) is 80.3 cm³/mol. The van der Waals surface area contributed by atoms with Crippen LogP contribution in [0.1, 0.15) is 83.9 Å². The van der Waals surface area contributed by atoms with Gasteiger partial charge in [0.25, 0.3) is 0 Å². The van der Waals surface area contributed by atoms with Crippen LogP contribution in [0.5, 0.6) is 0 Å². The summed E-state index contributed by atoms with van der Waals surface area (Å²) in [5, 5.41) is 4.19. The molecule has 0 amide bonds. The van der Waals surface area contributed by atoms with Crippen molar-refractivity contribution in [2.24, 2.45) is 17.6 Å². The summed E-state index contributed by atoms with van der Waals surface area (Å²) >= 11 is 0. The van der Waals surface area contributed by atoms with E-state index in [9.17, 15) is 0 Å². The Hall–Kier alpha value is -0.900. The van der Waals surface area contributed by atoms with Crippen molar-refractivity contribution in [3.63, 3.8) is 0 Å². The Bertz CT molecular complexity index is 417. The summed E-state index contributed by atoms with van der Waals surface area (Å²) in [6, 6.07) is 0. The molecule has 0 bridgehead atoms. The number of rotatable bonds is 5. The summed E-state index contributed by atoms with van der Waals surface area (Å²) in [4.78, 5) is 4.59. The molecule has 4 heteroatoms. The van der Waals surface area contributed by atoms with Crippen LogP contribution in [0.15, 0.2) is 4.52 Å². The van der Waals surface area contributed by atoms with Crippen LogP contribution in [-0.4, -0.2) is 10.1 Å². The number of nitrogens with two attached hydrogens (primary N) is 1. The Morgan fingerprint density at radius 1 is 1.30 bits per heavy atom. The summed E-state index contributed by atoms with van der Waals surface area (Å²) in [7, 11) is 0. The first-order chi connectivity index (χ1) is 9.44. The minimum atomic E-state index is -0.491. The average molecular weight is 279 g/mol. The molecule has 20 heavy (non-hydrogen) atoms. The molecule has 0 spiro atoms. The molecule has 1 fully saturated rings. The van der Waals surface area contributed by atoms with Gasteiger partial charge in [-0.3, -0.25) is 0 Å². The molecular weight excluding hydrogens is 250 g/mol. The number of nitrogens with zero attached hydrogens (tertiary/aromatic N) is 2. The van der Waals surface area contributed by atoms with Crippen LogP contribution in [0.2, 0.25) is 0 Å². The molecule has 1 aliphatic carbocycles. The first-order valence-electron chi connectivity index (χ1n) is 8.07. The highest BCUT2D eigenvalue weighted by atomic mass is 16.5. The third-order valence-corrected chi connectivity index (χ3v) is 4.78. The van der Waals surface area contributed by atoms with Crippen molar-refractivity contribution in [1.29, 1.82) is 0 Å². The lowest BCUT2D eigenvalue weighted by molar-refractivity contribution is 0.249. The van der Waals surface area contributed by atoms with Gasteiger partial charge in [-0.1, -0.05) is 32.3 Å². The van der Waals surface area contributed by atoms with Crippen molar-refractivity contribution >= 4 is 0 Å². The highest BCUT2D eigenvalue weighted by Gasteiger charge is 2.31. The third-order valence-electron chi connectivity index (χ3n) is 4.78. The molecule has 0 aliphatic heterocycles. The van der Waals surface area contributed by atoms with Crippen LogP contribution in [0, 0.1) is 11.8 Å². The first-order valence-corrected chi connectivity index (χ1v) is 8.07. The molecule has 4 nitrogen and oxygen atoms in total. The summed E-state index contributed by atoms with van der Waals surface area (Å²) < 4.78 is 5.42. The molecule has 114 valence electrons. The number of aromatic nitrogens is 2. The molecule has 1 saturated carbocycles. The van der Waals surface area contributed by atoms with E-state index < -0.39 is 5.54 Å². The molecule has 1 aliphatic rings. The first kappa shape index (κ1) is 15.5. The van der Waals surface area contributed by atoms with Gasteiger partial charge >= 0.3 is 0 Å². The monoisotopic (exact) mass is 279 g/mol. The van der Waals surface area contributed by atoms with E-state index in [-0.39, 0.29) is 0 Å². The van der Waals surface area contributed by atoms with Gasteiger partial charge in [0.05, 0.1) is 5.54 Å². The van der Waals surface area contributed by atoms with Gasteiger partial charge < -0.3 is 10.3 Å². The smallest absolute Gasteiger partial charge is 0.246 e. The van der Waals surface area contributed by atoms with E-state index in [1.807, 2.05) is 6.92 Å². The summed E-state index contributed by atoms with van der Waals surface area (Å²) in [5.74, 6) is 3.57. The van der Waals surface area contributed by atoms with Gasteiger partial charge in [-0.25, -0.2) is 0 Å². The highest BCUT2D eigenvalue weighted by molar-refractivity contribution is 5.04. The largest absolute Gasteiger partial charge is 0.337 e. The van der Waals surface area contributed by atoms with Gasteiger partial charge in [0.1, 0.15) is 0 Å². The van der Waals surface area contributed by atoms with Crippen LogP contribution in [0.3, 0.4) is 0 Å². The molecule has 1 unspecified atom stereocenters. The van der Waals surface area contributed by atoms with Gasteiger partial charge in [-0.15, -0.1) is 0 Å². The Morgan fingerprint density at radius 3 is 2.50 bits per heavy atom. The van der Waals surface area contributed by atoms with Crippen LogP contribution in [-0.2, 0) is 5.54 Å². The van der Waals surface area contributed by atoms with E-state index in [0.717, 1.165) is 30.5 Å². The molecule has 0 saturated heterocycles. The fourth-order valence-corrected chi connectivity index (χ4v) is 3.30. The minimum Gasteiger partial charge on any atom is -0.337 e. The van der Waals surface area contributed by atoms with Crippen molar-refractivity contribution < 1.29 is 4.52 Å². The van der Waals surface area contributed by atoms with Gasteiger partial charge in [0.2, 0.25) is 5.89 Å². The molecule has 2 N–H and O–H groups in total. The zero-order chi connectivity index (χ0) is 14.8. The summed E-state index contributed by atoms with van der Waals surface area (Å²) in [6.07, 6.45) is 6.80. The van der Waals surface area contributed by atoms with E-state index in [2.05, 4.69) is 30.9 Å². The third kappa shape index (κ3) is 3.40. The number of hydrogen-bond acceptors (Lipinski definition) is 4. The summed E-state index contributed by atoms with van der Waals surface area (Å²) in [5.41, 5.74) is 5.77. The highest BCUT2D eigenvalue weighted by Crippen LogP contribution is 2.38. The minimum absolute atomic E-state index is 0.458. The van der Waals surface area contributed by atoms with Crippen molar-refractivity contribution in [3.05, 3.63) is 11.7 Å². The lowest BCUT2D eigenvalue weighted by Crippen LogP contribution is -2.33. The molecule has 2 rings (SSSR count). The lowest BCUT2D eigenvalue weighted by atomic mass is 9.77. The van der Waals surface area contributed by atoms with Crippen LogP contribution < -0.4 is 5.73 Å². The van der Waals surface area contributed by atoms with Crippen LogP contribution in [0.25, 0.3) is 0 Å². The SMILES string of the molecule is CCCC(C)(N)c1nc(C2CCC(C(C)C)CC2)no1. The normalized spacial score (nSPS) is 26.7. The number of hydrogen-bond donors (Lipinski definition) is 1. The second kappa shape index (κ2) is 6.25. The van der Waals surface area contributed by atoms with E-state index in [1.165, 1.54) is 25.7 Å². The van der Waals surface area contributed by atoms with Gasteiger partial charge in [0, 0.05) is 5.92 Å². The second-order valence-electron chi connectivity index (χ2n) is 6.98. The van der Waals surface area contributed by atoms with E-state index >= 15 is 0 Å². The maximum absolute atomic E-state index is 6.26. The Morgan fingerprint density at radius 2 is 1.95 bits per heavy atom. The fraction of sp³-hybridized carbons (Fsp3) is 0.875. The van der Waals surface area contributed by atoms with Crippen molar-refractivity contribution in [3.8, 4) is 0 Å². The van der Waals surface area contributed by atoms with Gasteiger partial charge in [0.15, 0.2) is 5.82 Å². The van der Waals surface area contributed by atoms with Crippen molar-refractivity contribution in [1.82, 2.24) is 10.1 Å². The Kier molecular flexibility index (Phi) is 4.84. The maximum Gasteiger partial charge on any atom is 0.246 e. The van der Waals surface area contributed by atoms with E-state index in [4.69, 9.17) is 10.3 Å². The van der Waals surface area contributed by atoms with Gasteiger partial charge in [-0.05, 0) is 50.9 Å². The molecule has 0 radical (unpaired) electrons. The standard InChI is InChI=1S/C16H29N3O/c1-5-10-16(4,17)15-18-14(19-20-15)13-8-6-12(7-9-13)11(2)3/h11-13H,5-10,17H2,1-4H3. The molecule has 1 aromatic rings. The average Bonchev–Trinajstić information content (AvgIpc) is 2.89. The van der Waals surface area contributed by atoms with E-state index in [0.29, 0.717) is 11.8 Å². The van der Waals surface area contributed by atoms with Crippen molar-refractivity contribution in [2.75, 3.05) is 0 Å². The lowest BCUT2D eigenvalue weighted by Gasteiger charge is -2.29. The topological polar surface area (TPSA) is 64.9 Å². The predicted octanol–water partition coefficient (Wildman–Crippen LogP) is 3.97. The van der Waals surface area contributed by atoms with Crippen LogP contribution >= 0.6 is 0 Å². The zero-order valence-corrected chi connectivity index (χ0v) is 13.4. The van der Waals surface area contributed by atoms with Crippen LogP contribution in [0.4, 0.5) is 0 Å². The molecular formula is C16H29N3O. The summed E-state index contributed by atoms with van der Waals surface area (Å²) in [6.45, 7) is 8.74. The van der Waals surface area contributed by atoms with Gasteiger partial charge in [-0.2, -0.15) is 4.98 Å². The zero-order valence-electron chi connectivity index (χ0n) is 13.4. The van der Waals surface area contributed by atoms with E-state index in [1.54, 1.807) is 0 Å². The molecule has 1 atom stereocenters. The Labute approximate surface area is 122 Å². The van der Waals surface area contributed by atoms with Crippen molar-refractivity contribution in [2.45, 2.75) is 77.7 Å². The maximum atomic E-state index is 6.26. The molecule has 0 aromatic carbocycles. The Balaban J connectivity index is 2.00. The second-order valence-corrected chi connectivity index (χ2v) is 6.98. The quantitative estimate of drug-likeness (QED) is 0.885.